The number of nitrogens with zero attached hydrogens (tertiary/aromatic N) is 2. The molecule has 5 heteroatoms. The van der Waals surface area contributed by atoms with Crippen LogP contribution in [0.15, 0.2) is 54.9 Å². The van der Waals surface area contributed by atoms with Crippen molar-refractivity contribution >= 4 is 17.2 Å². The van der Waals surface area contributed by atoms with Crippen LogP contribution in [0.4, 0.5) is 0 Å². The molecule has 3 aromatic rings. The van der Waals surface area contributed by atoms with Crippen LogP contribution < -0.4 is 5.32 Å². The van der Waals surface area contributed by atoms with Crippen molar-refractivity contribution in [3.05, 3.63) is 71.1 Å². The lowest BCUT2D eigenvalue weighted by Crippen LogP contribution is -2.21. The predicted molar refractivity (Wildman–Crippen MR) is 83.3 cm³/mol. The lowest BCUT2D eigenvalue weighted by atomic mass is 10.1. The highest BCUT2D eigenvalue weighted by Crippen LogP contribution is 2.21. The van der Waals surface area contributed by atoms with Gasteiger partial charge in [-0.2, -0.15) is 0 Å². The monoisotopic (exact) mass is 301 g/mol. The van der Waals surface area contributed by atoms with Gasteiger partial charge in [-0.25, -0.2) is 4.98 Å². The first-order valence-corrected chi connectivity index (χ1v) is 7.17. The van der Waals surface area contributed by atoms with Crippen LogP contribution in [0.2, 0.25) is 5.02 Å². The molecule has 0 spiro atoms. The molecule has 3 rings (SSSR count). The van der Waals surface area contributed by atoms with Crippen LogP contribution in [0, 0.1) is 0 Å². The number of hydrogen-bond donors (Lipinski definition) is 2. The molecule has 1 aromatic carbocycles. The Kier molecular flexibility index (Phi) is 4.20. The Morgan fingerprint density at radius 2 is 2.00 bits per heavy atom. The molecule has 0 amide bonds. The molecule has 0 bridgehead atoms. The molecule has 0 aliphatic rings. The summed E-state index contributed by atoms with van der Waals surface area (Å²) in [6.07, 6.45) is 3.31. The van der Waals surface area contributed by atoms with Gasteiger partial charge in [-0.05, 0) is 18.2 Å². The van der Waals surface area contributed by atoms with Gasteiger partial charge >= 0.3 is 0 Å². The third-order valence-electron chi connectivity index (χ3n) is 3.32. The molecule has 4 nitrogen and oxygen atoms in total. The third-order valence-corrected chi connectivity index (χ3v) is 3.67. The Hall–Kier alpha value is -1.88. The first-order chi connectivity index (χ1) is 10.2. The normalized spacial score (nSPS) is 12.7. The van der Waals surface area contributed by atoms with E-state index in [0.717, 1.165) is 16.9 Å². The molecule has 2 aromatic heterocycles. The van der Waals surface area contributed by atoms with E-state index in [9.17, 15) is 5.11 Å². The fraction of sp³-hybridized carbons (Fsp3) is 0.188. The SMILES string of the molecule is OC(CNCc1cn2ccccc2n1)c1ccccc1Cl. The van der Waals surface area contributed by atoms with Crippen molar-refractivity contribution in [2.24, 2.45) is 0 Å². The first-order valence-electron chi connectivity index (χ1n) is 6.80. The van der Waals surface area contributed by atoms with Crippen LogP contribution in [0.5, 0.6) is 0 Å². The molecule has 0 radical (unpaired) electrons. The van der Waals surface area contributed by atoms with Gasteiger partial charge in [0.1, 0.15) is 5.65 Å². The van der Waals surface area contributed by atoms with Crippen molar-refractivity contribution in [2.45, 2.75) is 12.6 Å². The summed E-state index contributed by atoms with van der Waals surface area (Å²) in [6, 6.07) is 13.2. The zero-order valence-corrected chi connectivity index (χ0v) is 12.2. The minimum absolute atomic E-state index is 0.428. The van der Waals surface area contributed by atoms with Gasteiger partial charge in [0.15, 0.2) is 0 Å². The lowest BCUT2D eigenvalue weighted by molar-refractivity contribution is 0.174. The molecule has 1 atom stereocenters. The third kappa shape index (κ3) is 3.24. The summed E-state index contributed by atoms with van der Waals surface area (Å²) in [7, 11) is 0. The van der Waals surface area contributed by atoms with Crippen molar-refractivity contribution in [3.63, 3.8) is 0 Å². The van der Waals surface area contributed by atoms with Crippen LogP contribution in [0.1, 0.15) is 17.4 Å². The molecule has 2 N–H and O–H groups in total. The number of nitrogens with one attached hydrogen (secondary N) is 1. The summed E-state index contributed by atoms with van der Waals surface area (Å²) in [5, 5.41) is 13.9. The summed E-state index contributed by atoms with van der Waals surface area (Å²) < 4.78 is 1.97. The molecule has 108 valence electrons. The second-order valence-electron chi connectivity index (χ2n) is 4.87. The van der Waals surface area contributed by atoms with Gasteiger partial charge in [0, 0.05) is 36.1 Å². The quantitative estimate of drug-likeness (QED) is 0.762. The molecule has 0 saturated carbocycles. The number of pyridine rings is 1. The summed E-state index contributed by atoms with van der Waals surface area (Å²) in [6.45, 7) is 1.03. The smallest absolute Gasteiger partial charge is 0.137 e. The average molecular weight is 302 g/mol. The van der Waals surface area contributed by atoms with Gasteiger partial charge < -0.3 is 14.8 Å². The van der Waals surface area contributed by atoms with E-state index in [4.69, 9.17) is 11.6 Å². The molecule has 21 heavy (non-hydrogen) atoms. The van der Waals surface area contributed by atoms with E-state index < -0.39 is 6.10 Å². The Morgan fingerprint density at radius 3 is 2.81 bits per heavy atom. The fourth-order valence-electron chi connectivity index (χ4n) is 2.26. The van der Waals surface area contributed by atoms with E-state index >= 15 is 0 Å². The van der Waals surface area contributed by atoms with Gasteiger partial charge in [0.2, 0.25) is 0 Å². The van der Waals surface area contributed by atoms with Crippen molar-refractivity contribution < 1.29 is 5.11 Å². The summed E-state index contributed by atoms with van der Waals surface area (Å²) in [5.41, 5.74) is 2.59. The van der Waals surface area contributed by atoms with E-state index in [-0.39, 0.29) is 0 Å². The van der Waals surface area contributed by atoms with Crippen LogP contribution in [0.3, 0.4) is 0 Å². The maximum Gasteiger partial charge on any atom is 0.137 e. The Labute approximate surface area is 128 Å². The number of fused-ring (bicyclic) bond motifs is 1. The maximum atomic E-state index is 10.1. The number of aliphatic hydroxyl groups excluding tert-OH is 1. The van der Waals surface area contributed by atoms with Crippen molar-refractivity contribution in [1.82, 2.24) is 14.7 Å². The second kappa shape index (κ2) is 6.26. The van der Waals surface area contributed by atoms with Crippen molar-refractivity contribution in [2.75, 3.05) is 6.54 Å². The van der Waals surface area contributed by atoms with E-state index in [1.165, 1.54) is 0 Å². The molecule has 0 saturated heterocycles. The highest BCUT2D eigenvalue weighted by Gasteiger charge is 2.10. The topological polar surface area (TPSA) is 49.6 Å². The zero-order valence-electron chi connectivity index (χ0n) is 11.4. The Balaban J connectivity index is 1.59. The molecular weight excluding hydrogens is 286 g/mol. The highest BCUT2D eigenvalue weighted by molar-refractivity contribution is 6.31. The highest BCUT2D eigenvalue weighted by atomic mass is 35.5. The van der Waals surface area contributed by atoms with Crippen LogP contribution >= 0.6 is 11.6 Å². The van der Waals surface area contributed by atoms with E-state index in [2.05, 4.69) is 10.3 Å². The number of aromatic nitrogens is 2. The van der Waals surface area contributed by atoms with Gasteiger partial charge in [-0.1, -0.05) is 35.9 Å². The standard InChI is InChI=1S/C16H16ClN3O/c17-14-6-2-1-5-13(14)15(21)10-18-9-12-11-20-8-4-3-7-16(20)19-12/h1-8,11,15,18,21H,9-10H2. The van der Waals surface area contributed by atoms with E-state index in [1.807, 2.05) is 53.2 Å². The number of halogens is 1. The zero-order chi connectivity index (χ0) is 14.7. The Morgan fingerprint density at radius 1 is 1.19 bits per heavy atom. The Bertz CT molecular complexity index is 708. The van der Waals surface area contributed by atoms with Crippen LogP contribution in [-0.4, -0.2) is 21.0 Å². The molecule has 0 aliphatic heterocycles. The summed E-state index contributed by atoms with van der Waals surface area (Å²) in [4.78, 5) is 4.49. The number of aliphatic hydroxyl groups is 1. The lowest BCUT2D eigenvalue weighted by Gasteiger charge is -2.12. The molecule has 2 heterocycles. The minimum atomic E-state index is -0.629. The van der Waals surface area contributed by atoms with Gasteiger partial charge in [-0.15, -0.1) is 0 Å². The summed E-state index contributed by atoms with van der Waals surface area (Å²) in [5.74, 6) is 0. The predicted octanol–water partition coefficient (Wildman–Crippen LogP) is 2.81. The van der Waals surface area contributed by atoms with Crippen LogP contribution in [-0.2, 0) is 6.54 Å². The maximum absolute atomic E-state index is 10.1. The second-order valence-corrected chi connectivity index (χ2v) is 5.27. The summed E-state index contributed by atoms with van der Waals surface area (Å²) >= 11 is 6.07. The average Bonchev–Trinajstić information content (AvgIpc) is 2.90. The number of imidazole rings is 1. The molecule has 0 fully saturated rings. The van der Waals surface area contributed by atoms with E-state index in [0.29, 0.717) is 18.1 Å². The van der Waals surface area contributed by atoms with Crippen molar-refractivity contribution in [1.29, 1.82) is 0 Å². The first kappa shape index (κ1) is 14.1. The van der Waals surface area contributed by atoms with Gasteiger partial charge in [0.05, 0.1) is 11.8 Å². The number of hydrogen-bond acceptors (Lipinski definition) is 3. The van der Waals surface area contributed by atoms with Crippen molar-refractivity contribution in [3.8, 4) is 0 Å². The van der Waals surface area contributed by atoms with E-state index in [1.54, 1.807) is 6.07 Å². The minimum Gasteiger partial charge on any atom is -0.387 e. The fourth-order valence-corrected chi connectivity index (χ4v) is 2.53. The van der Waals surface area contributed by atoms with Gasteiger partial charge in [0.25, 0.3) is 0 Å². The van der Waals surface area contributed by atoms with Gasteiger partial charge in [-0.3, -0.25) is 0 Å². The number of rotatable bonds is 5. The molecule has 1 unspecified atom stereocenters. The largest absolute Gasteiger partial charge is 0.387 e. The molecular formula is C16H16ClN3O. The number of benzene rings is 1. The van der Waals surface area contributed by atoms with Crippen LogP contribution in [0.25, 0.3) is 5.65 Å². The molecule has 0 aliphatic carbocycles.